The molecule has 0 bridgehead atoms. The Morgan fingerprint density at radius 2 is 1.86 bits per heavy atom. The zero-order valence-corrected chi connectivity index (χ0v) is 16.7. The number of hydrogen-bond acceptors (Lipinski definition) is 3. The summed E-state index contributed by atoms with van der Waals surface area (Å²) in [6.45, 7) is 3.58. The number of aromatic nitrogens is 1. The van der Waals surface area contributed by atoms with E-state index in [9.17, 15) is 5.11 Å². The number of aryl methyl sites for hydroxylation is 1. The second-order valence-corrected chi connectivity index (χ2v) is 6.73. The number of aliphatic imine (C=N–C) groups is 1. The summed E-state index contributed by atoms with van der Waals surface area (Å²) in [6.07, 6.45) is 3.68. The summed E-state index contributed by atoms with van der Waals surface area (Å²) in [4.78, 5) is 7.64. The average molecular weight is 380 g/mol. The molecule has 3 aromatic rings. The first-order chi connectivity index (χ1) is 13.6. The topological polar surface area (TPSA) is 81.7 Å². The van der Waals surface area contributed by atoms with Crippen LogP contribution in [0.4, 0.5) is 0 Å². The molecule has 0 amide bonds. The number of guanidine groups is 1. The van der Waals surface area contributed by atoms with Gasteiger partial charge in [0, 0.05) is 43.3 Å². The van der Waals surface area contributed by atoms with Crippen LogP contribution >= 0.6 is 0 Å². The predicted molar refractivity (Wildman–Crippen MR) is 114 cm³/mol. The lowest BCUT2D eigenvalue weighted by Gasteiger charge is -2.12. The molecule has 148 valence electrons. The quantitative estimate of drug-likeness (QED) is 0.375. The van der Waals surface area contributed by atoms with Crippen molar-refractivity contribution >= 4 is 16.9 Å². The van der Waals surface area contributed by atoms with Crippen LogP contribution in [0.15, 0.2) is 47.6 Å². The molecule has 0 radical (unpaired) electrons. The van der Waals surface area contributed by atoms with E-state index in [2.05, 4.69) is 51.9 Å². The van der Waals surface area contributed by atoms with Gasteiger partial charge in [0.25, 0.3) is 0 Å². The molecule has 4 N–H and O–H groups in total. The minimum Gasteiger partial charge on any atom is -0.508 e. The molecular weight excluding hydrogens is 352 g/mol. The Hall–Kier alpha value is -3.15. The summed E-state index contributed by atoms with van der Waals surface area (Å²) in [5.74, 6) is 1.65. The molecule has 3 rings (SSSR count). The van der Waals surface area contributed by atoms with Gasteiger partial charge >= 0.3 is 0 Å². The molecule has 1 heterocycles. The van der Waals surface area contributed by atoms with Crippen molar-refractivity contribution in [1.29, 1.82) is 0 Å². The van der Waals surface area contributed by atoms with Gasteiger partial charge in [-0.15, -0.1) is 0 Å². The molecule has 0 atom stereocenters. The number of rotatable bonds is 7. The summed E-state index contributed by atoms with van der Waals surface area (Å²) < 4.78 is 5.11. The van der Waals surface area contributed by atoms with Gasteiger partial charge in [0.1, 0.15) is 11.5 Å². The molecule has 6 heteroatoms. The van der Waals surface area contributed by atoms with Gasteiger partial charge in [-0.3, -0.25) is 4.99 Å². The largest absolute Gasteiger partial charge is 0.508 e. The van der Waals surface area contributed by atoms with E-state index in [0.717, 1.165) is 24.5 Å². The number of para-hydroxylation sites is 1. The highest BCUT2D eigenvalue weighted by Gasteiger charge is 2.06. The molecule has 28 heavy (non-hydrogen) atoms. The molecule has 0 aliphatic carbocycles. The number of phenols is 1. The van der Waals surface area contributed by atoms with Crippen LogP contribution in [0.2, 0.25) is 0 Å². The fraction of sp³-hybridized carbons (Fsp3) is 0.318. The van der Waals surface area contributed by atoms with Crippen molar-refractivity contribution in [1.82, 2.24) is 15.6 Å². The number of aromatic amines is 1. The van der Waals surface area contributed by atoms with E-state index < -0.39 is 0 Å². The Kier molecular flexibility index (Phi) is 6.42. The summed E-state index contributed by atoms with van der Waals surface area (Å²) in [5, 5.41) is 18.0. The summed E-state index contributed by atoms with van der Waals surface area (Å²) >= 11 is 0. The van der Waals surface area contributed by atoms with Gasteiger partial charge in [-0.2, -0.15) is 0 Å². The molecule has 0 aliphatic heterocycles. The van der Waals surface area contributed by atoms with Crippen LogP contribution in [0.25, 0.3) is 10.9 Å². The molecule has 1 aromatic heterocycles. The molecule has 2 aromatic carbocycles. The monoisotopic (exact) mass is 380 g/mol. The third-order valence-electron chi connectivity index (χ3n) is 4.90. The van der Waals surface area contributed by atoms with Crippen LogP contribution in [0.3, 0.4) is 0 Å². The number of nitrogens with one attached hydrogen (secondary N) is 3. The number of methoxy groups -OCH3 is 1. The molecule has 0 aliphatic rings. The number of fused-ring (bicyclic) bond motifs is 1. The Balaban J connectivity index is 1.48. The second-order valence-electron chi connectivity index (χ2n) is 6.73. The lowest BCUT2D eigenvalue weighted by atomic mass is 10.1. The van der Waals surface area contributed by atoms with Gasteiger partial charge in [0.15, 0.2) is 5.96 Å². The standard InChI is InChI=1S/C22H28N4O2/c1-15-5-4-6-19-17(14-26-21(15)19)10-12-25-22(23-2)24-11-9-16-7-8-18(28-3)13-20(16)27/h4-8,13-14,26-27H,9-12H2,1-3H3,(H2,23,24,25). The van der Waals surface area contributed by atoms with E-state index in [0.29, 0.717) is 18.7 Å². The number of benzene rings is 2. The average Bonchev–Trinajstić information content (AvgIpc) is 3.12. The van der Waals surface area contributed by atoms with E-state index in [1.807, 2.05) is 12.1 Å². The Bertz CT molecular complexity index is 962. The maximum Gasteiger partial charge on any atom is 0.190 e. The fourth-order valence-electron chi connectivity index (χ4n) is 3.30. The van der Waals surface area contributed by atoms with E-state index in [4.69, 9.17) is 4.74 Å². The van der Waals surface area contributed by atoms with E-state index >= 15 is 0 Å². The molecule has 0 unspecified atom stereocenters. The number of ether oxygens (including phenoxy) is 1. The number of H-pyrrole nitrogens is 1. The van der Waals surface area contributed by atoms with Crippen molar-refractivity contribution < 1.29 is 9.84 Å². The molecular formula is C22H28N4O2. The van der Waals surface area contributed by atoms with E-state index in [-0.39, 0.29) is 5.75 Å². The third-order valence-corrected chi connectivity index (χ3v) is 4.90. The van der Waals surface area contributed by atoms with E-state index in [1.54, 1.807) is 20.2 Å². The van der Waals surface area contributed by atoms with Crippen molar-refractivity contribution in [2.45, 2.75) is 19.8 Å². The minimum absolute atomic E-state index is 0.249. The van der Waals surface area contributed by atoms with Gasteiger partial charge in [-0.25, -0.2) is 0 Å². The van der Waals surface area contributed by atoms with Crippen molar-refractivity contribution in [2.24, 2.45) is 4.99 Å². The smallest absolute Gasteiger partial charge is 0.190 e. The number of hydrogen-bond donors (Lipinski definition) is 4. The Labute approximate surface area is 165 Å². The SMILES string of the molecule is CN=C(NCCc1ccc(OC)cc1O)NCCc1c[nH]c2c(C)cccc12. The fourth-order valence-corrected chi connectivity index (χ4v) is 3.30. The van der Waals surface area contributed by atoms with Crippen molar-refractivity contribution in [3.63, 3.8) is 0 Å². The second kappa shape index (κ2) is 9.17. The van der Waals surface area contributed by atoms with Gasteiger partial charge in [-0.1, -0.05) is 24.3 Å². The van der Waals surface area contributed by atoms with E-state index in [1.165, 1.54) is 22.0 Å². The maximum absolute atomic E-state index is 10.0. The van der Waals surface area contributed by atoms with Crippen molar-refractivity contribution in [3.8, 4) is 11.5 Å². The number of phenolic OH excluding ortho intramolecular Hbond substituents is 1. The van der Waals surface area contributed by atoms with Gasteiger partial charge in [0.2, 0.25) is 0 Å². The first-order valence-corrected chi connectivity index (χ1v) is 9.48. The molecule has 6 nitrogen and oxygen atoms in total. The number of nitrogens with zero attached hydrogens (tertiary/aromatic N) is 1. The van der Waals surface area contributed by atoms with Crippen molar-refractivity contribution in [3.05, 3.63) is 59.3 Å². The van der Waals surface area contributed by atoms with Gasteiger partial charge < -0.3 is 25.5 Å². The van der Waals surface area contributed by atoms with Gasteiger partial charge in [-0.05, 0) is 42.5 Å². The lowest BCUT2D eigenvalue weighted by molar-refractivity contribution is 0.406. The van der Waals surface area contributed by atoms with Crippen LogP contribution in [0.5, 0.6) is 11.5 Å². The Morgan fingerprint density at radius 1 is 1.11 bits per heavy atom. The highest BCUT2D eigenvalue weighted by atomic mass is 16.5. The first-order valence-electron chi connectivity index (χ1n) is 9.48. The van der Waals surface area contributed by atoms with Gasteiger partial charge in [0.05, 0.1) is 7.11 Å². The summed E-state index contributed by atoms with van der Waals surface area (Å²) in [7, 11) is 3.35. The van der Waals surface area contributed by atoms with Crippen LogP contribution in [0.1, 0.15) is 16.7 Å². The molecule has 0 saturated carbocycles. The number of aromatic hydroxyl groups is 1. The Morgan fingerprint density at radius 3 is 2.54 bits per heavy atom. The molecule has 0 saturated heterocycles. The third kappa shape index (κ3) is 4.57. The lowest BCUT2D eigenvalue weighted by Crippen LogP contribution is -2.39. The zero-order valence-electron chi connectivity index (χ0n) is 16.7. The normalized spacial score (nSPS) is 11.6. The van der Waals surface area contributed by atoms with Crippen LogP contribution in [0, 0.1) is 6.92 Å². The highest BCUT2D eigenvalue weighted by molar-refractivity contribution is 5.86. The van der Waals surface area contributed by atoms with Crippen LogP contribution < -0.4 is 15.4 Å². The molecule has 0 fully saturated rings. The van der Waals surface area contributed by atoms with Crippen molar-refractivity contribution in [2.75, 3.05) is 27.2 Å². The summed E-state index contributed by atoms with van der Waals surface area (Å²) in [6, 6.07) is 11.7. The van der Waals surface area contributed by atoms with Crippen LogP contribution in [-0.4, -0.2) is 43.3 Å². The predicted octanol–water partition coefficient (Wildman–Crippen LogP) is 3.14. The first kappa shape index (κ1) is 19.6. The minimum atomic E-state index is 0.249. The summed E-state index contributed by atoms with van der Waals surface area (Å²) in [5.41, 5.74) is 4.64. The highest BCUT2D eigenvalue weighted by Crippen LogP contribution is 2.23. The van der Waals surface area contributed by atoms with Crippen LogP contribution in [-0.2, 0) is 12.8 Å². The zero-order chi connectivity index (χ0) is 19.9. The maximum atomic E-state index is 10.0. The molecule has 0 spiro atoms.